The van der Waals surface area contributed by atoms with Crippen molar-refractivity contribution in [2.45, 2.75) is 6.61 Å². The molecule has 0 unspecified atom stereocenters. The topological polar surface area (TPSA) is 52.3 Å². The summed E-state index contributed by atoms with van der Waals surface area (Å²) in [5, 5.41) is 2.73. The van der Waals surface area contributed by atoms with Crippen LogP contribution in [0.1, 0.15) is 16.1 Å². The number of carbonyl (C=O) groups excluding carboxylic acids is 1. The highest BCUT2D eigenvalue weighted by molar-refractivity contribution is 7.13. The van der Waals surface area contributed by atoms with Crippen LogP contribution in [0.15, 0.2) is 52.5 Å². The molecule has 2 aromatic heterocycles. The molecule has 0 N–H and O–H groups in total. The highest BCUT2D eigenvalue weighted by Gasteiger charge is 2.08. The van der Waals surface area contributed by atoms with Gasteiger partial charge in [0.2, 0.25) is 0 Å². The van der Waals surface area contributed by atoms with Gasteiger partial charge in [0.05, 0.1) is 17.5 Å². The highest BCUT2D eigenvalue weighted by atomic mass is 32.1. The van der Waals surface area contributed by atoms with Gasteiger partial charge in [0, 0.05) is 5.38 Å². The minimum atomic E-state index is 0.321. The minimum absolute atomic E-state index is 0.321. The summed E-state index contributed by atoms with van der Waals surface area (Å²) in [7, 11) is 0. The lowest BCUT2D eigenvalue weighted by atomic mass is 10.2. The predicted octanol–water partition coefficient (Wildman–Crippen LogP) is 3.79. The molecule has 0 spiro atoms. The largest absolute Gasteiger partial charge is 0.487 e. The predicted molar refractivity (Wildman–Crippen MR) is 76.0 cm³/mol. The molecule has 0 atom stereocenters. The van der Waals surface area contributed by atoms with Crippen LogP contribution in [0.4, 0.5) is 0 Å². The second kappa shape index (κ2) is 5.71. The van der Waals surface area contributed by atoms with E-state index >= 15 is 0 Å². The second-order valence-electron chi connectivity index (χ2n) is 4.07. The quantitative estimate of drug-likeness (QED) is 0.669. The molecular formula is C15H11NO3S. The van der Waals surface area contributed by atoms with Gasteiger partial charge in [-0.2, -0.15) is 0 Å². The Kier molecular flexibility index (Phi) is 3.60. The van der Waals surface area contributed by atoms with Crippen LogP contribution in [-0.2, 0) is 6.61 Å². The fraction of sp³-hybridized carbons (Fsp3) is 0.0667. The first kappa shape index (κ1) is 12.6. The number of hydrogen-bond donors (Lipinski definition) is 0. The van der Waals surface area contributed by atoms with Crippen molar-refractivity contribution in [3.8, 4) is 16.5 Å². The fourth-order valence-corrected chi connectivity index (χ4v) is 2.52. The zero-order valence-corrected chi connectivity index (χ0v) is 11.3. The van der Waals surface area contributed by atoms with E-state index in [0.29, 0.717) is 17.9 Å². The second-order valence-corrected chi connectivity index (χ2v) is 4.92. The van der Waals surface area contributed by atoms with Crippen molar-refractivity contribution < 1.29 is 13.9 Å². The summed E-state index contributed by atoms with van der Waals surface area (Å²) < 4.78 is 10.9. The average Bonchev–Trinajstić information content (AvgIpc) is 3.16. The molecular weight excluding hydrogens is 274 g/mol. The number of hydrogen-bond acceptors (Lipinski definition) is 5. The Morgan fingerprint density at radius 3 is 2.95 bits per heavy atom. The maximum atomic E-state index is 10.9. The average molecular weight is 285 g/mol. The number of nitrogens with zero attached hydrogens (tertiary/aromatic N) is 1. The fourth-order valence-electron chi connectivity index (χ4n) is 1.75. The Labute approximate surface area is 119 Å². The van der Waals surface area contributed by atoms with Crippen molar-refractivity contribution in [3.63, 3.8) is 0 Å². The molecule has 1 aromatic carbocycles. The molecule has 20 heavy (non-hydrogen) atoms. The molecule has 3 aromatic rings. The molecule has 0 fully saturated rings. The molecule has 2 heterocycles. The standard InChI is InChI=1S/C15H11NO3S/c17-8-11-4-1-2-5-13(11)19-9-12-10-20-15(16-12)14-6-3-7-18-14/h1-8,10H,9H2. The summed E-state index contributed by atoms with van der Waals surface area (Å²) in [5.41, 5.74) is 1.34. The lowest BCUT2D eigenvalue weighted by Gasteiger charge is -2.05. The molecule has 4 nitrogen and oxygen atoms in total. The summed E-state index contributed by atoms with van der Waals surface area (Å²) in [5.74, 6) is 1.31. The van der Waals surface area contributed by atoms with E-state index in [0.717, 1.165) is 22.7 Å². The lowest BCUT2D eigenvalue weighted by Crippen LogP contribution is -1.98. The van der Waals surface area contributed by atoms with E-state index in [1.807, 2.05) is 23.6 Å². The van der Waals surface area contributed by atoms with Gasteiger partial charge in [0.1, 0.15) is 12.4 Å². The molecule has 0 saturated carbocycles. The third kappa shape index (κ3) is 2.62. The SMILES string of the molecule is O=Cc1ccccc1OCc1csc(-c2ccco2)n1. The summed E-state index contributed by atoms with van der Waals surface area (Å²) in [4.78, 5) is 15.3. The van der Waals surface area contributed by atoms with Gasteiger partial charge in [-0.05, 0) is 24.3 Å². The van der Waals surface area contributed by atoms with Crippen molar-refractivity contribution >= 4 is 17.6 Å². The van der Waals surface area contributed by atoms with Gasteiger partial charge in [-0.25, -0.2) is 4.98 Å². The first-order valence-electron chi connectivity index (χ1n) is 6.02. The molecule has 0 bridgehead atoms. The number of thiazole rings is 1. The first-order valence-corrected chi connectivity index (χ1v) is 6.90. The van der Waals surface area contributed by atoms with E-state index in [2.05, 4.69) is 4.98 Å². The third-order valence-electron chi connectivity index (χ3n) is 2.71. The van der Waals surface area contributed by atoms with Crippen molar-refractivity contribution in [2.75, 3.05) is 0 Å². The molecule has 0 aliphatic carbocycles. The minimum Gasteiger partial charge on any atom is -0.487 e. The van der Waals surface area contributed by atoms with E-state index in [9.17, 15) is 4.79 Å². The van der Waals surface area contributed by atoms with Crippen molar-refractivity contribution in [2.24, 2.45) is 0 Å². The molecule has 0 amide bonds. The summed E-state index contributed by atoms with van der Waals surface area (Å²) >= 11 is 1.50. The van der Waals surface area contributed by atoms with E-state index < -0.39 is 0 Å². The third-order valence-corrected chi connectivity index (χ3v) is 3.61. The van der Waals surface area contributed by atoms with Gasteiger partial charge < -0.3 is 9.15 Å². The van der Waals surface area contributed by atoms with E-state index in [1.54, 1.807) is 24.5 Å². The number of aldehydes is 1. The van der Waals surface area contributed by atoms with Crippen LogP contribution in [0.2, 0.25) is 0 Å². The molecule has 3 rings (SSSR count). The van der Waals surface area contributed by atoms with E-state index in [-0.39, 0.29) is 0 Å². The Morgan fingerprint density at radius 1 is 1.25 bits per heavy atom. The van der Waals surface area contributed by atoms with Crippen LogP contribution in [0.5, 0.6) is 5.75 Å². The lowest BCUT2D eigenvalue weighted by molar-refractivity contribution is 0.111. The molecule has 0 aliphatic rings. The van der Waals surface area contributed by atoms with Gasteiger partial charge in [-0.1, -0.05) is 12.1 Å². The van der Waals surface area contributed by atoms with Crippen molar-refractivity contribution in [1.29, 1.82) is 0 Å². The molecule has 100 valence electrons. The van der Waals surface area contributed by atoms with Gasteiger partial charge in [0.15, 0.2) is 17.1 Å². The number of para-hydroxylation sites is 1. The Balaban J connectivity index is 1.71. The van der Waals surface area contributed by atoms with Crippen LogP contribution in [0, 0.1) is 0 Å². The Bertz CT molecular complexity index is 703. The van der Waals surface area contributed by atoms with Gasteiger partial charge in [-0.15, -0.1) is 11.3 Å². The number of carbonyl (C=O) groups is 1. The van der Waals surface area contributed by atoms with Crippen LogP contribution in [0.3, 0.4) is 0 Å². The van der Waals surface area contributed by atoms with Gasteiger partial charge >= 0.3 is 0 Å². The van der Waals surface area contributed by atoms with Crippen LogP contribution in [-0.4, -0.2) is 11.3 Å². The van der Waals surface area contributed by atoms with Gasteiger partial charge in [-0.3, -0.25) is 4.79 Å². The number of benzene rings is 1. The number of aromatic nitrogens is 1. The van der Waals surface area contributed by atoms with Crippen LogP contribution < -0.4 is 4.74 Å². The maximum Gasteiger partial charge on any atom is 0.162 e. The number of furan rings is 1. The van der Waals surface area contributed by atoms with Crippen molar-refractivity contribution in [3.05, 3.63) is 59.3 Å². The Morgan fingerprint density at radius 2 is 2.15 bits per heavy atom. The molecule has 5 heteroatoms. The molecule has 0 saturated heterocycles. The zero-order chi connectivity index (χ0) is 13.8. The van der Waals surface area contributed by atoms with E-state index in [1.165, 1.54) is 11.3 Å². The zero-order valence-electron chi connectivity index (χ0n) is 10.5. The first-order chi connectivity index (χ1) is 9.86. The molecule has 0 radical (unpaired) electrons. The number of ether oxygens (including phenoxy) is 1. The van der Waals surface area contributed by atoms with E-state index in [4.69, 9.17) is 9.15 Å². The Hall–Kier alpha value is -2.40. The van der Waals surface area contributed by atoms with Crippen molar-refractivity contribution in [1.82, 2.24) is 4.98 Å². The normalized spacial score (nSPS) is 10.4. The smallest absolute Gasteiger partial charge is 0.162 e. The monoisotopic (exact) mass is 285 g/mol. The number of rotatable bonds is 5. The maximum absolute atomic E-state index is 10.9. The van der Waals surface area contributed by atoms with Gasteiger partial charge in [0.25, 0.3) is 0 Å². The molecule has 0 aliphatic heterocycles. The van der Waals surface area contributed by atoms with Crippen LogP contribution >= 0.6 is 11.3 Å². The summed E-state index contributed by atoms with van der Waals surface area (Å²) in [6.07, 6.45) is 2.40. The summed E-state index contributed by atoms with van der Waals surface area (Å²) in [6, 6.07) is 10.8. The summed E-state index contributed by atoms with van der Waals surface area (Å²) in [6.45, 7) is 0.321. The van der Waals surface area contributed by atoms with Crippen LogP contribution in [0.25, 0.3) is 10.8 Å². The highest BCUT2D eigenvalue weighted by Crippen LogP contribution is 2.25.